The van der Waals surface area contributed by atoms with Crippen LogP contribution in [0.4, 0.5) is 10.5 Å². The Kier molecular flexibility index (Phi) is 4.73. The van der Waals surface area contributed by atoms with Crippen LogP contribution < -0.4 is 4.90 Å². The highest BCUT2D eigenvalue weighted by molar-refractivity contribution is 6.42. The molecule has 0 saturated carbocycles. The zero-order valence-corrected chi connectivity index (χ0v) is 13.8. The van der Waals surface area contributed by atoms with E-state index in [-0.39, 0.29) is 12.2 Å². The summed E-state index contributed by atoms with van der Waals surface area (Å²) in [5.74, 6) is -1.67. The lowest BCUT2D eigenvalue weighted by Crippen LogP contribution is -2.36. The first kappa shape index (κ1) is 17.0. The maximum atomic E-state index is 12.4. The van der Waals surface area contributed by atoms with Gasteiger partial charge in [-0.05, 0) is 45.7 Å². The number of anilines is 1. The molecule has 1 aromatic carbocycles. The normalized spacial score (nSPS) is 13.5. The standard InChI is InChI=1S/C17H21NO5/c1-5-22-15(20)14(19)12-8-6-7-11-9-10-18(13(11)12)16(21)23-17(2,3)4/h6-8H,5,9-10H2,1-4H3. The van der Waals surface area contributed by atoms with Gasteiger partial charge in [-0.3, -0.25) is 9.69 Å². The van der Waals surface area contributed by atoms with Gasteiger partial charge in [0, 0.05) is 6.54 Å². The van der Waals surface area contributed by atoms with E-state index >= 15 is 0 Å². The van der Waals surface area contributed by atoms with Crippen LogP contribution in [0.25, 0.3) is 0 Å². The van der Waals surface area contributed by atoms with E-state index in [1.807, 2.05) is 6.07 Å². The number of amides is 1. The molecule has 0 atom stereocenters. The first-order chi connectivity index (χ1) is 10.7. The van der Waals surface area contributed by atoms with Crippen LogP contribution in [0.5, 0.6) is 0 Å². The predicted molar refractivity (Wildman–Crippen MR) is 84.7 cm³/mol. The van der Waals surface area contributed by atoms with Crippen LogP contribution in [0.2, 0.25) is 0 Å². The van der Waals surface area contributed by atoms with Crippen molar-refractivity contribution in [1.29, 1.82) is 0 Å². The van der Waals surface area contributed by atoms with Gasteiger partial charge in [-0.15, -0.1) is 0 Å². The molecule has 6 nitrogen and oxygen atoms in total. The summed E-state index contributed by atoms with van der Waals surface area (Å²) in [5, 5.41) is 0. The van der Waals surface area contributed by atoms with Gasteiger partial charge in [0.1, 0.15) is 5.60 Å². The Balaban J connectivity index is 2.36. The van der Waals surface area contributed by atoms with Gasteiger partial charge < -0.3 is 9.47 Å². The summed E-state index contributed by atoms with van der Waals surface area (Å²) < 4.78 is 10.2. The molecule has 1 aliphatic heterocycles. The molecule has 0 spiro atoms. The lowest BCUT2D eigenvalue weighted by atomic mass is 10.0. The topological polar surface area (TPSA) is 72.9 Å². The van der Waals surface area contributed by atoms with Gasteiger partial charge in [-0.2, -0.15) is 0 Å². The van der Waals surface area contributed by atoms with Gasteiger partial charge in [0.05, 0.1) is 17.9 Å². The summed E-state index contributed by atoms with van der Waals surface area (Å²) in [6, 6.07) is 5.06. The fourth-order valence-electron chi connectivity index (χ4n) is 2.45. The highest BCUT2D eigenvalue weighted by atomic mass is 16.6. The summed E-state index contributed by atoms with van der Waals surface area (Å²) in [5.41, 5.74) is 0.815. The highest BCUT2D eigenvalue weighted by Crippen LogP contribution is 2.33. The molecular formula is C17H21NO5. The number of carbonyl (C=O) groups is 3. The Morgan fingerprint density at radius 3 is 2.52 bits per heavy atom. The number of hydrogen-bond donors (Lipinski definition) is 0. The van der Waals surface area contributed by atoms with Gasteiger partial charge in [-0.1, -0.05) is 12.1 Å². The van der Waals surface area contributed by atoms with Crippen molar-refractivity contribution in [3.8, 4) is 0 Å². The van der Waals surface area contributed by atoms with Crippen molar-refractivity contribution in [3.63, 3.8) is 0 Å². The molecule has 0 radical (unpaired) electrons. The molecule has 1 heterocycles. The number of ketones is 1. The van der Waals surface area contributed by atoms with Crippen molar-refractivity contribution >= 4 is 23.5 Å². The summed E-state index contributed by atoms with van der Waals surface area (Å²) >= 11 is 0. The van der Waals surface area contributed by atoms with Crippen LogP contribution in [0, 0.1) is 0 Å². The monoisotopic (exact) mass is 319 g/mol. The second kappa shape index (κ2) is 6.40. The van der Waals surface area contributed by atoms with E-state index in [1.165, 1.54) is 11.0 Å². The second-order valence-electron chi connectivity index (χ2n) is 6.24. The summed E-state index contributed by atoms with van der Waals surface area (Å²) in [4.78, 5) is 37.8. The fourth-order valence-corrected chi connectivity index (χ4v) is 2.45. The molecular weight excluding hydrogens is 298 g/mol. The first-order valence-electron chi connectivity index (χ1n) is 7.58. The Bertz CT molecular complexity index is 645. The number of rotatable bonds is 3. The number of fused-ring (bicyclic) bond motifs is 1. The second-order valence-corrected chi connectivity index (χ2v) is 6.24. The zero-order chi connectivity index (χ0) is 17.2. The van der Waals surface area contributed by atoms with Crippen LogP contribution in [0.15, 0.2) is 18.2 Å². The predicted octanol–water partition coefficient (Wildman–Crippen LogP) is 2.73. The SMILES string of the molecule is CCOC(=O)C(=O)c1cccc2c1N(C(=O)OC(C)(C)C)CC2. The average molecular weight is 319 g/mol. The number of nitrogens with zero attached hydrogens (tertiary/aromatic N) is 1. The molecule has 23 heavy (non-hydrogen) atoms. The average Bonchev–Trinajstić information content (AvgIpc) is 2.89. The third-order valence-electron chi connectivity index (χ3n) is 3.31. The maximum Gasteiger partial charge on any atom is 0.414 e. The molecule has 1 aromatic rings. The smallest absolute Gasteiger partial charge is 0.414 e. The van der Waals surface area contributed by atoms with Crippen molar-refractivity contribution in [2.75, 3.05) is 18.1 Å². The minimum atomic E-state index is -0.920. The quantitative estimate of drug-likeness (QED) is 0.486. The molecule has 0 fully saturated rings. The minimum absolute atomic E-state index is 0.120. The third-order valence-corrected chi connectivity index (χ3v) is 3.31. The van der Waals surface area contributed by atoms with Crippen molar-refractivity contribution in [1.82, 2.24) is 0 Å². The molecule has 0 aliphatic carbocycles. The molecule has 2 rings (SSSR count). The number of ether oxygens (including phenoxy) is 2. The lowest BCUT2D eigenvalue weighted by molar-refractivity contribution is -0.137. The van der Waals surface area contributed by atoms with Gasteiger partial charge in [0.25, 0.3) is 5.78 Å². The molecule has 0 N–H and O–H groups in total. The van der Waals surface area contributed by atoms with E-state index in [0.717, 1.165) is 5.56 Å². The van der Waals surface area contributed by atoms with E-state index in [9.17, 15) is 14.4 Å². The summed E-state index contributed by atoms with van der Waals surface area (Å²) in [6.07, 6.45) is 0.0822. The third kappa shape index (κ3) is 3.70. The van der Waals surface area contributed by atoms with Crippen LogP contribution in [0.3, 0.4) is 0 Å². The molecule has 0 unspecified atom stereocenters. The summed E-state index contributed by atoms with van der Waals surface area (Å²) in [6.45, 7) is 7.49. The largest absolute Gasteiger partial charge is 0.460 e. The highest BCUT2D eigenvalue weighted by Gasteiger charge is 2.34. The summed E-state index contributed by atoms with van der Waals surface area (Å²) in [7, 11) is 0. The molecule has 1 aliphatic rings. The maximum absolute atomic E-state index is 12.4. The van der Waals surface area contributed by atoms with Crippen LogP contribution >= 0.6 is 0 Å². The van der Waals surface area contributed by atoms with Gasteiger partial charge in [0.2, 0.25) is 0 Å². The Morgan fingerprint density at radius 1 is 1.22 bits per heavy atom. The molecule has 0 aromatic heterocycles. The molecule has 1 amide bonds. The first-order valence-corrected chi connectivity index (χ1v) is 7.58. The molecule has 0 saturated heterocycles. The van der Waals surface area contributed by atoms with Crippen molar-refractivity contribution in [2.24, 2.45) is 0 Å². The van der Waals surface area contributed by atoms with E-state index in [2.05, 4.69) is 0 Å². The van der Waals surface area contributed by atoms with Crippen molar-refractivity contribution < 1.29 is 23.9 Å². The molecule has 124 valence electrons. The molecule has 6 heteroatoms. The minimum Gasteiger partial charge on any atom is -0.460 e. The van der Waals surface area contributed by atoms with Crippen molar-refractivity contribution in [3.05, 3.63) is 29.3 Å². The number of hydrogen-bond acceptors (Lipinski definition) is 5. The van der Waals surface area contributed by atoms with Crippen LogP contribution in [-0.2, 0) is 20.7 Å². The molecule has 0 bridgehead atoms. The Hall–Kier alpha value is -2.37. The van der Waals surface area contributed by atoms with E-state index in [0.29, 0.717) is 18.7 Å². The fraction of sp³-hybridized carbons (Fsp3) is 0.471. The lowest BCUT2D eigenvalue weighted by Gasteiger charge is -2.25. The van der Waals surface area contributed by atoms with Gasteiger partial charge in [0.15, 0.2) is 0 Å². The van der Waals surface area contributed by atoms with E-state index in [4.69, 9.17) is 9.47 Å². The van der Waals surface area contributed by atoms with Crippen LogP contribution in [0.1, 0.15) is 43.6 Å². The Labute approximate surface area is 135 Å². The number of esters is 1. The Morgan fingerprint density at radius 2 is 1.91 bits per heavy atom. The number of benzene rings is 1. The van der Waals surface area contributed by atoms with Crippen molar-refractivity contribution in [2.45, 2.75) is 39.7 Å². The number of Topliss-reactive ketones (excluding diaryl/α,β-unsaturated/α-hetero) is 1. The van der Waals surface area contributed by atoms with Crippen LogP contribution in [-0.4, -0.2) is 36.6 Å². The number of carbonyl (C=O) groups excluding carboxylic acids is 3. The van der Waals surface area contributed by atoms with E-state index < -0.39 is 23.4 Å². The zero-order valence-electron chi connectivity index (χ0n) is 13.8. The van der Waals surface area contributed by atoms with Gasteiger partial charge >= 0.3 is 12.1 Å². The van der Waals surface area contributed by atoms with Gasteiger partial charge in [-0.25, -0.2) is 9.59 Å². The number of para-hydroxylation sites is 1. The van der Waals surface area contributed by atoms with E-state index in [1.54, 1.807) is 33.8 Å².